The van der Waals surface area contributed by atoms with Gasteiger partial charge in [0.15, 0.2) is 0 Å². The minimum atomic E-state index is -0.791. The van der Waals surface area contributed by atoms with Crippen LogP contribution in [0.4, 0.5) is 5.69 Å². The standard InChI is InChI=1S/C14H19BrClN3O2/c1-14(2,3)19-12(20)7-11(13(17)21)18-8-4-5-10(16)9(15)6-8/h4-6,11,18H,7H2,1-3H3,(H2,17,21)(H,19,20). The van der Waals surface area contributed by atoms with E-state index >= 15 is 0 Å². The van der Waals surface area contributed by atoms with E-state index in [0.29, 0.717) is 15.2 Å². The monoisotopic (exact) mass is 375 g/mol. The van der Waals surface area contributed by atoms with Crippen molar-refractivity contribution < 1.29 is 9.59 Å². The summed E-state index contributed by atoms with van der Waals surface area (Å²) in [6.07, 6.45) is -0.0349. The lowest BCUT2D eigenvalue weighted by Crippen LogP contribution is -2.45. The van der Waals surface area contributed by atoms with Gasteiger partial charge in [0.25, 0.3) is 0 Å². The molecule has 4 N–H and O–H groups in total. The lowest BCUT2D eigenvalue weighted by Gasteiger charge is -2.23. The van der Waals surface area contributed by atoms with Crippen LogP contribution in [0, 0.1) is 0 Å². The van der Waals surface area contributed by atoms with Gasteiger partial charge in [-0.05, 0) is 54.9 Å². The highest BCUT2D eigenvalue weighted by Crippen LogP contribution is 2.26. The molecule has 1 aromatic rings. The average Bonchev–Trinajstić information content (AvgIpc) is 2.30. The fourth-order valence-corrected chi connectivity index (χ4v) is 2.16. The molecule has 0 aromatic heterocycles. The molecule has 0 saturated carbocycles. The van der Waals surface area contributed by atoms with Crippen molar-refractivity contribution in [3.8, 4) is 0 Å². The predicted octanol–water partition coefficient (Wildman–Crippen LogP) is 2.67. The highest BCUT2D eigenvalue weighted by atomic mass is 79.9. The van der Waals surface area contributed by atoms with Crippen LogP contribution in [0.1, 0.15) is 27.2 Å². The van der Waals surface area contributed by atoms with Crippen LogP contribution in [-0.2, 0) is 9.59 Å². The van der Waals surface area contributed by atoms with Gasteiger partial charge in [-0.3, -0.25) is 9.59 Å². The van der Waals surface area contributed by atoms with E-state index < -0.39 is 11.9 Å². The number of amides is 2. The van der Waals surface area contributed by atoms with E-state index in [0.717, 1.165) is 0 Å². The van der Waals surface area contributed by atoms with Gasteiger partial charge in [0.1, 0.15) is 6.04 Å². The Morgan fingerprint density at radius 2 is 2.00 bits per heavy atom. The Labute approximate surface area is 137 Å². The second-order valence-electron chi connectivity index (χ2n) is 5.73. The van der Waals surface area contributed by atoms with Crippen LogP contribution in [0.2, 0.25) is 5.02 Å². The van der Waals surface area contributed by atoms with Gasteiger partial charge >= 0.3 is 0 Å². The summed E-state index contributed by atoms with van der Waals surface area (Å²) in [6.45, 7) is 5.61. The first-order valence-electron chi connectivity index (χ1n) is 6.40. The Morgan fingerprint density at radius 1 is 1.38 bits per heavy atom. The van der Waals surface area contributed by atoms with Gasteiger partial charge in [-0.15, -0.1) is 0 Å². The normalized spacial score (nSPS) is 12.6. The zero-order chi connectivity index (χ0) is 16.2. The molecule has 0 aliphatic heterocycles. The SMILES string of the molecule is CC(C)(C)NC(=O)CC(Nc1ccc(Cl)c(Br)c1)C(N)=O. The van der Waals surface area contributed by atoms with E-state index in [1.54, 1.807) is 18.2 Å². The summed E-state index contributed by atoms with van der Waals surface area (Å²) in [5, 5.41) is 6.29. The van der Waals surface area contributed by atoms with Crippen molar-refractivity contribution in [1.29, 1.82) is 0 Å². The van der Waals surface area contributed by atoms with Crippen LogP contribution in [0.25, 0.3) is 0 Å². The third-order valence-electron chi connectivity index (χ3n) is 2.51. The zero-order valence-electron chi connectivity index (χ0n) is 12.2. The van der Waals surface area contributed by atoms with Crippen molar-refractivity contribution >= 4 is 45.0 Å². The third kappa shape index (κ3) is 6.35. The highest BCUT2D eigenvalue weighted by Gasteiger charge is 2.22. The molecule has 0 radical (unpaired) electrons. The Hall–Kier alpha value is -1.27. The van der Waals surface area contributed by atoms with Crippen LogP contribution in [-0.4, -0.2) is 23.4 Å². The Balaban J connectivity index is 2.76. The van der Waals surface area contributed by atoms with Crippen molar-refractivity contribution in [3.63, 3.8) is 0 Å². The summed E-state index contributed by atoms with van der Waals surface area (Å²) in [7, 11) is 0. The number of rotatable bonds is 5. The molecular formula is C14H19BrClN3O2. The van der Waals surface area contributed by atoms with Crippen molar-refractivity contribution in [1.82, 2.24) is 5.32 Å². The number of benzene rings is 1. The van der Waals surface area contributed by atoms with E-state index in [-0.39, 0.29) is 17.9 Å². The quantitative estimate of drug-likeness (QED) is 0.738. The van der Waals surface area contributed by atoms with Gasteiger partial charge in [-0.1, -0.05) is 11.6 Å². The van der Waals surface area contributed by atoms with Crippen molar-refractivity contribution in [2.24, 2.45) is 5.73 Å². The van der Waals surface area contributed by atoms with Gasteiger partial charge in [-0.2, -0.15) is 0 Å². The largest absolute Gasteiger partial charge is 0.373 e. The number of hydrogen-bond acceptors (Lipinski definition) is 3. The second-order valence-corrected chi connectivity index (χ2v) is 6.99. The molecule has 1 atom stereocenters. The molecule has 0 aliphatic carbocycles. The lowest BCUT2D eigenvalue weighted by atomic mass is 10.1. The maximum absolute atomic E-state index is 11.9. The summed E-state index contributed by atoms with van der Waals surface area (Å²) in [5.74, 6) is -0.836. The minimum Gasteiger partial charge on any atom is -0.373 e. The van der Waals surface area contributed by atoms with Crippen molar-refractivity contribution in [3.05, 3.63) is 27.7 Å². The number of halogens is 2. The molecule has 0 aliphatic rings. The highest BCUT2D eigenvalue weighted by molar-refractivity contribution is 9.10. The van der Waals surface area contributed by atoms with E-state index in [2.05, 4.69) is 26.6 Å². The van der Waals surface area contributed by atoms with Gasteiger partial charge in [0.2, 0.25) is 11.8 Å². The summed E-state index contributed by atoms with van der Waals surface area (Å²) in [4.78, 5) is 23.4. The number of anilines is 1. The molecule has 1 rings (SSSR count). The van der Waals surface area contributed by atoms with Crippen LogP contribution in [0.5, 0.6) is 0 Å². The molecular weight excluding hydrogens is 358 g/mol. The van der Waals surface area contributed by atoms with E-state index in [4.69, 9.17) is 17.3 Å². The van der Waals surface area contributed by atoms with Gasteiger partial charge < -0.3 is 16.4 Å². The molecule has 0 bridgehead atoms. The number of nitrogens with two attached hydrogens (primary N) is 1. The van der Waals surface area contributed by atoms with Crippen LogP contribution in [0.3, 0.4) is 0 Å². The average molecular weight is 377 g/mol. The molecule has 0 heterocycles. The van der Waals surface area contributed by atoms with Crippen molar-refractivity contribution in [2.75, 3.05) is 5.32 Å². The second kappa shape index (κ2) is 7.13. The van der Waals surface area contributed by atoms with E-state index in [9.17, 15) is 9.59 Å². The Bertz CT molecular complexity index is 544. The predicted molar refractivity (Wildman–Crippen MR) is 88.3 cm³/mol. The first-order valence-corrected chi connectivity index (χ1v) is 7.57. The smallest absolute Gasteiger partial charge is 0.240 e. The number of nitrogens with one attached hydrogen (secondary N) is 2. The number of carbonyl (C=O) groups is 2. The van der Waals surface area contributed by atoms with Gasteiger partial charge in [0, 0.05) is 15.7 Å². The van der Waals surface area contributed by atoms with Crippen molar-refractivity contribution in [2.45, 2.75) is 38.8 Å². The van der Waals surface area contributed by atoms with E-state index in [1.807, 2.05) is 20.8 Å². The van der Waals surface area contributed by atoms with Crippen LogP contribution >= 0.6 is 27.5 Å². The molecule has 1 unspecified atom stereocenters. The first-order chi connectivity index (χ1) is 9.58. The molecule has 0 saturated heterocycles. The lowest BCUT2D eigenvalue weighted by molar-refractivity contribution is -0.126. The molecule has 1 aromatic carbocycles. The topological polar surface area (TPSA) is 84.2 Å². The molecule has 5 nitrogen and oxygen atoms in total. The minimum absolute atomic E-state index is 0.0349. The first kappa shape index (κ1) is 17.8. The molecule has 7 heteroatoms. The number of hydrogen-bond donors (Lipinski definition) is 3. The fraction of sp³-hybridized carbons (Fsp3) is 0.429. The van der Waals surface area contributed by atoms with Crippen LogP contribution < -0.4 is 16.4 Å². The molecule has 0 fully saturated rings. The summed E-state index contributed by atoms with van der Waals surface area (Å²) < 4.78 is 0.691. The van der Waals surface area contributed by atoms with E-state index in [1.165, 1.54) is 0 Å². The Kier molecular flexibility index (Phi) is 6.04. The maximum atomic E-state index is 11.9. The van der Waals surface area contributed by atoms with Gasteiger partial charge in [0.05, 0.1) is 11.4 Å². The molecule has 2 amide bonds. The number of carbonyl (C=O) groups excluding carboxylic acids is 2. The molecule has 116 valence electrons. The summed E-state index contributed by atoms with van der Waals surface area (Å²) in [6, 6.07) is 4.33. The number of primary amides is 1. The fourth-order valence-electron chi connectivity index (χ4n) is 1.66. The molecule has 0 spiro atoms. The summed E-state index contributed by atoms with van der Waals surface area (Å²) >= 11 is 9.20. The van der Waals surface area contributed by atoms with Crippen LogP contribution in [0.15, 0.2) is 22.7 Å². The summed E-state index contributed by atoms with van der Waals surface area (Å²) in [5.41, 5.74) is 5.64. The van der Waals surface area contributed by atoms with Gasteiger partial charge in [-0.25, -0.2) is 0 Å². The maximum Gasteiger partial charge on any atom is 0.240 e. The zero-order valence-corrected chi connectivity index (χ0v) is 14.5. The third-order valence-corrected chi connectivity index (χ3v) is 3.72. The Morgan fingerprint density at radius 3 is 2.48 bits per heavy atom. The molecule has 21 heavy (non-hydrogen) atoms.